The minimum atomic E-state index is -0.427. The zero-order chi connectivity index (χ0) is 10.1. The van der Waals surface area contributed by atoms with Crippen LogP contribution in [0.2, 0.25) is 0 Å². The van der Waals surface area contributed by atoms with Crippen molar-refractivity contribution in [2.75, 3.05) is 0 Å². The molecule has 0 aliphatic carbocycles. The third-order valence-electron chi connectivity index (χ3n) is 2.03. The van der Waals surface area contributed by atoms with Gasteiger partial charge in [0, 0.05) is 10.9 Å². The fourth-order valence-corrected chi connectivity index (χ4v) is 1.79. The van der Waals surface area contributed by atoms with Crippen LogP contribution in [0.3, 0.4) is 0 Å². The maximum atomic E-state index is 11.0. The molecule has 4 nitrogen and oxygen atoms in total. The van der Waals surface area contributed by atoms with E-state index < -0.39 is 5.91 Å². The molecule has 1 aromatic carbocycles. The smallest absolute Gasteiger partial charge is 0.248 e. The minimum Gasteiger partial charge on any atom is -0.366 e. The summed E-state index contributed by atoms with van der Waals surface area (Å²) in [6.45, 7) is 0. The van der Waals surface area contributed by atoms with Crippen LogP contribution in [-0.2, 0) is 5.33 Å². The number of aromatic amines is 1. The Morgan fingerprint density at radius 2 is 2.36 bits per heavy atom. The number of primary amides is 1. The van der Waals surface area contributed by atoms with Gasteiger partial charge in [-0.2, -0.15) is 0 Å². The summed E-state index contributed by atoms with van der Waals surface area (Å²) in [4.78, 5) is 18.1. The van der Waals surface area contributed by atoms with Crippen molar-refractivity contribution in [1.82, 2.24) is 9.97 Å². The Labute approximate surface area is 88.6 Å². The summed E-state index contributed by atoms with van der Waals surface area (Å²) in [7, 11) is 0. The van der Waals surface area contributed by atoms with Crippen LogP contribution in [0.4, 0.5) is 0 Å². The zero-order valence-corrected chi connectivity index (χ0v) is 8.84. The first kappa shape index (κ1) is 9.21. The number of carbonyl (C=O) groups is 1. The SMILES string of the molecule is NC(=O)c1cc(CBr)c2nc[nH]c2c1. The standard InChI is InChI=1S/C9H8BrN3O/c10-3-6-1-5(9(11)14)2-7-8(6)13-4-12-7/h1-2,4H,3H2,(H2,11,14)(H,12,13). The summed E-state index contributed by atoms with van der Waals surface area (Å²) in [5, 5.41) is 0.648. The molecule has 0 bridgehead atoms. The first-order valence-electron chi connectivity index (χ1n) is 4.04. The number of hydrogen-bond acceptors (Lipinski definition) is 2. The predicted molar refractivity (Wildman–Crippen MR) is 57.2 cm³/mol. The fourth-order valence-electron chi connectivity index (χ4n) is 1.37. The average Bonchev–Trinajstić information content (AvgIpc) is 2.63. The first-order chi connectivity index (χ1) is 6.72. The second kappa shape index (κ2) is 3.42. The number of benzene rings is 1. The van der Waals surface area contributed by atoms with Crippen molar-refractivity contribution in [3.8, 4) is 0 Å². The van der Waals surface area contributed by atoms with Gasteiger partial charge in [0.1, 0.15) is 0 Å². The molecule has 0 spiro atoms. The number of hydrogen-bond donors (Lipinski definition) is 2. The number of rotatable bonds is 2. The monoisotopic (exact) mass is 253 g/mol. The highest BCUT2D eigenvalue weighted by Crippen LogP contribution is 2.19. The summed E-state index contributed by atoms with van der Waals surface area (Å²) in [6.07, 6.45) is 1.60. The average molecular weight is 254 g/mol. The molecular formula is C9H8BrN3O. The normalized spacial score (nSPS) is 10.6. The van der Waals surface area contributed by atoms with E-state index in [9.17, 15) is 4.79 Å². The van der Waals surface area contributed by atoms with Crippen molar-refractivity contribution >= 4 is 32.9 Å². The van der Waals surface area contributed by atoms with Gasteiger partial charge in [0.05, 0.1) is 17.4 Å². The van der Waals surface area contributed by atoms with Gasteiger partial charge in [-0.25, -0.2) is 4.98 Å². The molecule has 0 unspecified atom stereocenters. The van der Waals surface area contributed by atoms with Gasteiger partial charge in [-0.05, 0) is 17.7 Å². The molecule has 1 heterocycles. The highest BCUT2D eigenvalue weighted by atomic mass is 79.9. The predicted octanol–water partition coefficient (Wildman–Crippen LogP) is 1.56. The quantitative estimate of drug-likeness (QED) is 0.798. The summed E-state index contributed by atoms with van der Waals surface area (Å²) in [5.41, 5.74) is 8.36. The van der Waals surface area contributed by atoms with Crippen LogP contribution < -0.4 is 5.73 Å². The maximum Gasteiger partial charge on any atom is 0.248 e. The molecule has 1 amide bonds. The number of fused-ring (bicyclic) bond motifs is 1. The van der Waals surface area contributed by atoms with Crippen LogP contribution in [0.5, 0.6) is 0 Å². The molecule has 1 aromatic heterocycles. The van der Waals surface area contributed by atoms with E-state index in [2.05, 4.69) is 25.9 Å². The molecular weight excluding hydrogens is 246 g/mol. The molecule has 0 atom stereocenters. The number of nitrogens with one attached hydrogen (secondary N) is 1. The lowest BCUT2D eigenvalue weighted by Crippen LogP contribution is -2.11. The van der Waals surface area contributed by atoms with E-state index in [1.165, 1.54) is 0 Å². The first-order valence-corrected chi connectivity index (χ1v) is 5.16. The zero-order valence-electron chi connectivity index (χ0n) is 7.25. The van der Waals surface area contributed by atoms with Gasteiger partial charge in [0.25, 0.3) is 0 Å². The third kappa shape index (κ3) is 1.39. The van der Waals surface area contributed by atoms with Crippen molar-refractivity contribution in [2.45, 2.75) is 5.33 Å². The number of halogens is 1. The molecule has 0 aliphatic heterocycles. The van der Waals surface area contributed by atoms with E-state index >= 15 is 0 Å². The lowest BCUT2D eigenvalue weighted by molar-refractivity contribution is 0.100. The van der Waals surface area contributed by atoms with Crippen LogP contribution in [-0.4, -0.2) is 15.9 Å². The van der Waals surface area contributed by atoms with Crippen molar-refractivity contribution in [3.05, 3.63) is 29.6 Å². The number of carbonyl (C=O) groups excluding carboxylic acids is 1. The molecule has 0 saturated carbocycles. The summed E-state index contributed by atoms with van der Waals surface area (Å²) < 4.78 is 0. The highest BCUT2D eigenvalue weighted by molar-refractivity contribution is 9.08. The Hall–Kier alpha value is -1.36. The summed E-state index contributed by atoms with van der Waals surface area (Å²) in [5.74, 6) is -0.427. The lowest BCUT2D eigenvalue weighted by atomic mass is 10.1. The Balaban J connectivity index is 2.73. The Morgan fingerprint density at radius 1 is 1.57 bits per heavy atom. The van der Waals surface area contributed by atoms with Crippen molar-refractivity contribution in [3.63, 3.8) is 0 Å². The summed E-state index contributed by atoms with van der Waals surface area (Å²) >= 11 is 3.34. The van der Waals surface area contributed by atoms with Crippen LogP contribution in [0.15, 0.2) is 18.5 Å². The van der Waals surface area contributed by atoms with Gasteiger partial charge in [-0.1, -0.05) is 15.9 Å². The van der Waals surface area contributed by atoms with E-state index in [0.29, 0.717) is 10.9 Å². The number of aromatic nitrogens is 2. The molecule has 5 heteroatoms. The van der Waals surface area contributed by atoms with Gasteiger partial charge in [-0.15, -0.1) is 0 Å². The number of H-pyrrole nitrogens is 1. The molecule has 14 heavy (non-hydrogen) atoms. The van der Waals surface area contributed by atoms with Gasteiger partial charge < -0.3 is 10.7 Å². The second-order valence-electron chi connectivity index (χ2n) is 2.93. The molecule has 3 N–H and O–H groups in total. The Kier molecular flexibility index (Phi) is 2.25. The van der Waals surface area contributed by atoms with Crippen LogP contribution in [0.25, 0.3) is 11.0 Å². The third-order valence-corrected chi connectivity index (χ3v) is 2.64. The molecule has 0 fully saturated rings. The number of nitrogens with two attached hydrogens (primary N) is 1. The van der Waals surface area contributed by atoms with Gasteiger partial charge in [0.2, 0.25) is 5.91 Å². The number of imidazole rings is 1. The van der Waals surface area contributed by atoms with Crippen molar-refractivity contribution in [2.24, 2.45) is 5.73 Å². The Morgan fingerprint density at radius 3 is 3.00 bits per heavy atom. The Bertz CT molecular complexity index is 492. The summed E-state index contributed by atoms with van der Waals surface area (Å²) in [6, 6.07) is 3.46. The second-order valence-corrected chi connectivity index (χ2v) is 3.49. The highest BCUT2D eigenvalue weighted by Gasteiger charge is 2.08. The van der Waals surface area contributed by atoms with E-state index in [0.717, 1.165) is 16.6 Å². The lowest BCUT2D eigenvalue weighted by Gasteiger charge is -2.00. The molecule has 2 rings (SSSR count). The topological polar surface area (TPSA) is 71.8 Å². The fraction of sp³-hybridized carbons (Fsp3) is 0.111. The van der Waals surface area contributed by atoms with Crippen molar-refractivity contribution in [1.29, 1.82) is 0 Å². The number of alkyl halides is 1. The van der Waals surface area contributed by atoms with Crippen LogP contribution in [0, 0.1) is 0 Å². The van der Waals surface area contributed by atoms with E-state index in [4.69, 9.17) is 5.73 Å². The van der Waals surface area contributed by atoms with Gasteiger partial charge >= 0.3 is 0 Å². The number of amides is 1. The molecule has 0 aliphatic rings. The van der Waals surface area contributed by atoms with Crippen LogP contribution in [0.1, 0.15) is 15.9 Å². The van der Waals surface area contributed by atoms with E-state index in [1.807, 2.05) is 0 Å². The van der Waals surface area contributed by atoms with Gasteiger partial charge in [0.15, 0.2) is 0 Å². The minimum absolute atomic E-state index is 0.427. The van der Waals surface area contributed by atoms with E-state index in [-0.39, 0.29) is 0 Å². The molecule has 72 valence electrons. The molecule has 2 aromatic rings. The van der Waals surface area contributed by atoms with Crippen molar-refractivity contribution < 1.29 is 4.79 Å². The van der Waals surface area contributed by atoms with E-state index in [1.54, 1.807) is 18.5 Å². The maximum absolute atomic E-state index is 11.0. The number of nitrogens with zero attached hydrogens (tertiary/aromatic N) is 1. The van der Waals surface area contributed by atoms with Gasteiger partial charge in [-0.3, -0.25) is 4.79 Å². The molecule has 0 saturated heterocycles. The molecule has 0 radical (unpaired) electrons. The van der Waals surface area contributed by atoms with Crippen LogP contribution >= 0.6 is 15.9 Å². The largest absolute Gasteiger partial charge is 0.366 e.